The van der Waals surface area contributed by atoms with Crippen molar-refractivity contribution >= 4 is 17.9 Å². The number of carbonyl (C=O) groups excluding carboxylic acids is 3. The molecule has 1 aliphatic rings. The zero-order valence-electron chi connectivity index (χ0n) is 14.7. The Morgan fingerprint density at radius 1 is 1.24 bits per heavy atom. The van der Waals surface area contributed by atoms with Crippen LogP contribution in [-0.2, 0) is 27.3 Å². The highest BCUT2D eigenvalue weighted by Gasteiger charge is 2.26. The van der Waals surface area contributed by atoms with Gasteiger partial charge in [0.25, 0.3) is 5.91 Å². The number of fused-ring (bicyclic) bond motifs is 1. The fourth-order valence-corrected chi connectivity index (χ4v) is 2.70. The first-order chi connectivity index (χ1) is 12.0. The Hall–Kier alpha value is -2.41. The van der Waals surface area contributed by atoms with E-state index in [-0.39, 0.29) is 0 Å². The van der Waals surface area contributed by atoms with Crippen molar-refractivity contribution in [3.05, 3.63) is 35.4 Å². The summed E-state index contributed by atoms with van der Waals surface area (Å²) in [5.74, 6) is -1.11. The lowest BCUT2D eigenvalue weighted by molar-refractivity contribution is -0.153. The zero-order valence-corrected chi connectivity index (χ0v) is 14.7. The Morgan fingerprint density at radius 2 is 1.96 bits per heavy atom. The monoisotopic (exact) mass is 347 g/mol. The van der Waals surface area contributed by atoms with Gasteiger partial charge in [0.05, 0.1) is 0 Å². The van der Waals surface area contributed by atoms with Gasteiger partial charge >= 0.3 is 12.0 Å². The van der Waals surface area contributed by atoms with Gasteiger partial charge in [-0.1, -0.05) is 31.2 Å². The Kier molecular flexibility index (Phi) is 6.94. The summed E-state index contributed by atoms with van der Waals surface area (Å²) in [6.07, 6.45) is 1.65. The van der Waals surface area contributed by atoms with Crippen LogP contribution in [0.2, 0.25) is 0 Å². The third-order valence-corrected chi connectivity index (χ3v) is 4.18. The van der Waals surface area contributed by atoms with Crippen LogP contribution in [0.15, 0.2) is 24.3 Å². The second kappa shape index (κ2) is 9.17. The minimum atomic E-state index is -0.641. The number of carbonyl (C=O) groups is 3. The van der Waals surface area contributed by atoms with E-state index in [1.807, 2.05) is 24.0 Å². The van der Waals surface area contributed by atoms with Gasteiger partial charge in [0, 0.05) is 19.6 Å². The Bertz CT molecular complexity index is 633. The molecule has 0 saturated heterocycles. The average molecular weight is 347 g/mol. The predicted octanol–water partition coefficient (Wildman–Crippen LogP) is 1.21. The minimum Gasteiger partial charge on any atom is -0.454 e. The number of ether oxygens (including phenoxy) is 1. The topological polar surface area (TPSA) is 87.7 Å². The summed E-state index contributed by atoms with van der Waals surface area (Å²) in [5.41, 5.74) is 2.51. The van der Waals surface area contributed by atoms with Gasteiger partial charge in [-0.3, -0.25) is 19.8 Å². The zero-order chi connectivity index (χ0) is 18.2. The third-order valence-electron chi connectivity index (χ3n) is 4.18. The first kappa shape index (κ1) is 18.9. The molecule has 136 valence electrons. The summed E-state index contributed by atoms with van der Waals surface area (Å²) in [6, 6.07) is 7.13. The van der Waals surface area contributed by atoms with Gasteiger partial charge in [0.15, 0.2) is 6.61 Å². The van der Waals surface area contributed by atoms with Crippen molar-refractivity contribution in [2.75, 3.05) is 19.7 Å². The van der Waals surface area contributed by atoms with Crippen molar-refractivity contribution < 1.29 is 19.1 Å². The second-order valence-corrected chi connectivity index (χ2v) is 6.08. The molecule has 0 bridgehead atoms. The van der Waals surface area contributed by atoms with E-state index < -0.39 is 30.6 Å². The van der Waals surface area contributed by atoms with Crippen LogP contribution < -0.4 is 10.6 Å². The number of benzene rings is 1. The Balaban J connectivity index is 1.77. The summed E-state index contributed by atoms with van der Waals surface area (Å²) in [6.45, 7) is 5.13. The number of nitrogens with one attached hydrogen (secondary N) is 2. The number of urea groups is 1. The molecule has 0 radical (unpaired) electrons. The van der Waals surface area contributed by atoms with Crippen molar-refractivity contribution in [1.29, 1.82) is 0 Å². The van der Waals surface area contributed by atoms with Crippen molar-refractivity contribution in [3.8, 4) is 0 Å². The molecule has 0 unspecified atom stereocenters. The van der Waals surface area contributed by atoms with Crippen LogP contribution in [0.5, 0.6) is 0 Å². The fraction of sp³-hybridized carbons (Fsp3) is 0.500. The van der Waals surface area contributed by atoms with Gasteiger partial charge in [-0.2, -0.15) is 0 Å². The quantitative estimate of drug-likeness (QED) is 0.756. The van der Waals surface area contributed by atoms with Crippen LogP contribution >= 0.6 is 0 Å². The summed E-state index contributed by atoms with van der Waals surface area (Å²) in [7, 11) is 0. The SMILES string of the molecule is CCCNC(=O)NC(=O)COC(=O)[C@H](C)N1CCc2ccccc2C1. The number of amides is 3. The summed E-state index contributed by atoms with van der Waals surface area (Å²) in [5, 5.41) is 4.64. The first-order valence-corrected chi connectivity index (χ1v) is 8.56. The van der Waals surface area contributed by atoms with E-state index in [4.69, 9.17) is 4.74 Å². The second-order valence-electron chi connectivity index (χ2n) is 6.08. The maximum absolute atomic E-state index is 12.2. The van der Waals surface area contributed by atoms with E-state index in [1.165, 1.54) is 11.1 Å². The number of esters is 1. The van der Waals surface area contributed by atoms with Crippen LogP contribution in [0.1, 0.15) is 31.4 Å². The lowest BCUT2D eigenvalue weighted by atomic mass is 9.99. The molecule has 1 heterocycles. The van der Waals surface area contributed by atoms with Gasteiger partial charge in [-0.25, -0.2) is 4.79 Å². The van der Waals surface area contributed by atoms with Crippen molar-refractivity contribution in [2.24, 2.45) is 0 Å². The molecular weight excluding hydrogens is 322 g/mol. The smallest absolute Gasteiger partial charge is 0.323 e. The largest absolute Gasteiger partial charge is 0.454 e. The van der Waals surface area contributed by atoms with Crippen molar-refractivity contribution in [2.45, 2.75) is 39.3 Å². The number of imide groups is 1. The summed E-state index contributed by atoms with van der Waals surface area (Å²) >= 11 is 0. The number of rotatable bonds is 6. The average Bonchev–Trinajstić information content (AvgIpc) is 2.63. The lowest BCUT2D eigenvalue weighted by Crippen LogP contribution is -2.45. The van der Waals surface area contributed by atoms with Gasteiger partial charge in [-0.05, 0) is 30.9 Å². The molecule has 0 saturated carbocycles. The van der Waals surface area contributed by atoms with Gasteiger partial charge in [0.2, 0.25) is 0 Å². The molecule has 3 amide bonds. The highest BCUT2D eigenvalue weighted by atomic mass is 16.5. The highest BCUT2D eigenvalue weighted by Crippen LogP contribution is 2.20. The molecule has 1 atom stereocenters. The molecule has 1 aromatic carbocycles. The molecule has 0 spiro atoms. The molecule has 2 rings (SSSR count). The first-order valence-electron chi connectivity index (χ1n) is 8.56. The summed E-state index contributed by atoms with van der Waals surface area (Å²) < 4.78 is 5.04. The number of hydrogen-bond acceptors (Lipinski definition) is 5. The maximum Gasteiger partial charge on any atom is 0.323 e. The Morgan fingerprint density at radius 3 is 2.68 bits per heavy atom. The molecule has 7 nitrogen and oxygen atoms in total. The normalized spacial score (nSPS) is 15.0. The molecule has 2 N–H and O–H groups in total. The number of nitrogens with zero attached hydrogens (tertiary/aromatic N) is 1. The molecule has 25 heavy (non-hydrogen) atoms. The van der Waals surface area contributed by atoms with Crippen LogP contribution in [0.3, 0.4) is 0 Å². The van der Waals surface area contributed by atoms with E-state index in [0.29, 0.717) is 13.1 Å². The molecule has 0 aliphatic carbocycles. The maximum atomic E-state index is 12.2. The van der Waals surface area contributed by atoms with E-state index in [0.717, 1.165) is 19.4 Å². The standard InChI is InChI=1S/C18H25N3O4/c1-3-9-19-18(24)20-16(22)12-25-17(23)13(2)21-10-8-14-6-4-5-7-15(14)11-21/h4-7,13H,3,8-12H2,1-2H3,(H2,19,20,22,24)/t13-/m0/s1. The van der Waals surface area contributed by atoms with Crippen LogP contribution in [0, 0.1) is 0 Å². The van der Waals surface area contributed by atoms with Crippen molar-refractivity contribution in [1.82, 2.24) is 15.5 Å². The molecule has 7 heteroatoms. The highest BCUT2D eigenvalue weighted by molar-refractivity contribution is 5.95. The molecule has 1 aliphatic heterocycles. The van der Waals surface area contributed by atoms with E-state index in [1.54, 1.807) is 6.92 Å². The van der Waals surface area contributed by atoms with E-state index >= 15 is 0 Å². The Labute approximate surface area is 147 Å². The van der Waals surface area contributed by atoms with E-state index in [9.17, 15) is 14.4 Å². The molecular formula is C18H25N3O4. The molecule has 1 aromatic rings. The van der Waals surface area contributed by atoms with Gasteiger partial charge < -0.3 is 10.1 Å². The van der Waals surface area contributed by atoms with Gasteiger partial charge in [-0.15, -0.1) is 0 Å². The van der Waals surface area contributed by atoms with Crippen LogP contribution in [0.4, 0.5) is 4.79 Å². The molecule has 0 fully saturated rings. The van der Waals surface area contributed by atoms with Crippen molar-refractivity contribution in [3.63, 3.8) is 0 Å². The molecule has 0 aromatic heterocycles. The van der Waals surface area contributed by atoms with Crippen LogP contribution in [-0.4, -0.2) is 48.5 Å². The van der Waals surface area contributed by atoms with Gasteiger partial charge in [0.1, 0.15) is 6.04 Å². The van der Waals surface area contributed by atoms with E-state index in [2.05, 4.69) is 22.8 Å². The number of hydrogen-bond donors (Lipinski definition) is 2. The predicted molar refractivity (Wildman–Crippen MR) is 92.8 cm³/mol. The summed E-state index contributed by atoms with van der Waals surface area (Å²) in [4.78, 5) is 37.2. The third kappa shape index (κ3) is 5.56. The van der Waals surface area contributed by atoms with Crippen LogP contribution in [0.25, 0.3) is 0 Å². The lowest BCUT2D eigenvalue weighted by Gasteiger charge is -2.32. The minimum absolute atomic E-state index is 0.449. The fourth-order valence-electron chi connectivity index (χ4n) is 2.70.